The highest BCUT2D eigenvalue weighted by molar-refractivity contribution is 9.10. The second-order valence-electron chi connectivity index (χ2n) is 5.60. The van der Waals surface area contributed by atoms with Gasteiger partial charge in [-0.15, -0.1) is 11.3 Å². The second-order valence-corrected chi connectivity index (χ2v) is 9.29. The summed E-state index contributed by atoms with van der Waals surface area (Å²) in [4.78, 5) is 13.6. The number of halogens is 4. The van der Waals surface area contributed by atoms with Gasteiger partial charge in [-0.1, -0.05) is 0 Å². The zero-order chi connectivity index (χ0) is 20.9. The van der Waals surface area contributed by atoms with Crippen LogP contribution in [0.4, 0.5) is 18.9 Å². The SMILES string of the molecule is COc1ncc(-c2nc(C)nc3c(Br)c(C)sc23)cc1NS(=O)(=O)C(F)(F)F. The minimum Gasteiger partial charge on any atom is -0.480 e. The van der Waals surface area contributed by atoms with E-state index in [1.165, 1.54) is 35.4 Å². The fourth-order valence-corrected chi connectivity index (χ4v) is 4.60. The predicted octanol–water partition coefficient (Wildman–Crippen LogP) is 4.40. The number of fused-ring (bicyclic) bond motifs is 1. The van der Waals surface area contributed by atoms with Crippen molar-refractivity contribution in [2.75, 3.05) is 11.8 Å². The highest BCUT2D eigenvalue weighted by Crippen LogP contribution is 2.40. The number of ether oxygens (including phenoxy) is 1. The highest BCUT2D eigenvalue weighted by Gasteiger charge is 2.46. The number of rotatable bonds is 4. The van der Waals surface area contributed by atoms with E-state index in [1.807, 2.05) is 6.92 Å². The Morgan fingerprint density at radius 3 is 2.54 bits per heavy atom. The molecule has 0 amide bonds. The van der Waals surface area contributed by atoms with Crippen molar-refractivity contribution in [3.8, 4) is 17.1 Å². The van der Waals surface area contributed by atoms with E-state index in [-0.39, 0.29) is 5.88 Å². The maximum absolute atomic E-state index is 12.8. The van der Waals surface area contributed by atoms with Crippen LogP contribution in [-0.4, -0.2) is 36.0 Å². The zero-order valence-electron chi connectivity index (χ0n) is 14.5. The van der Waals surface area contributed by atoms with Gasteiger partial charge >= 0.3 is 15.5 Å². The van der Waals surface area contributed by atoms with Gasteiger partial charge in [-0.2, -0.15) is 21.6 Å². The summed E-state index contributed by atoms with van der Waals surface area (Å²) < 4.78 is 69.1. The zero-order valence-corrected chi connectivity index (χ0v) is 17.8. The van der Waals surface area contributed by atoms with E-state index in [4.69, 9.17) is 4.74 Å². The highest BCUT2D eigenvalue weighted by atomic mass is 79.9. The van der Waals surface area contributed by atoms with Crippen molar-refractivity contribution in [3.05, 3.63) is 27.4 Å². The maximum atomic E-state index is 12.8. The van der Waals surface area contributed by atoms with Crippen LogP contribution < -0.4 is 9.46 Å². The van der Waals surface area contributed by atoms with Gasteiger partial charge in [-0.25, -0.2) is 15.0 Å². The van der Waals surface area contributed by atoms with Crippen molar-refractivity contribution in [1.82, 2.24) is 15.0 Å². The number of nitrogens with zero attached hydrogens (tertiary/aromatic N) is 3. The Bertz CT molecular complexity index is 1180. The Labute approximate surface area is 170 Å². The van der Waals surface area contributed by atoms with E-state index in [0.29, 0.717) is 27.3 Å². The average molecular weight is 497 g/mol. The third kappa shape index (κ3) is 3.65. The normalized spacial score (nSPS) is 12.4. The van der Waals surface area contributed by atoms with Crippen LogP contribution in [0.25, 0.3) is 21.5 Å². The van der Waals surface area contributed by atoms with E-state index in [1.54, 1.807) is 6.92 Å². The van der Waals surface area contributed by atoms with Crippen LogP contribution in [0.1, 0.15) is 10.7 Å². The Morgan fingerprint density at radius 2 is 1.93 bits per heavy atom. The smallest absolute Gasteiger partial charge is 0.480 e. The van der Waals surface area contributed by atoms with Gasteiger partial charge in [0.25, 0.3) is 0 Å². The van der Waals surface area contributed by atoms with Crippen molar-refractivity contribution in [1.29, 1.82) is 0 Å². The molecule has 1 N–H and O–H groups in total. The molecule has 3 heterocycles. The lowest BCUT2D eigenvalue weighted by molar-refractivity contribution is -0.0429. The van der Waals surface area contributed by atoms with E-state index in [0.717, 1.165) is 9.35 Å². The van der Waals surface area contributed by atoms with E-state index in [9.17, 15) is 21.6 Å². The van der Waals surface area contributed by atoms with Crippen molar-refractivity contribution in [2.24, 2.45) is 0 Å². The number of thiophene rings is 1. The first-order chi connectivity index (χ1) is 12.9. The molecule has 3 aromatic heterocycles. The Balaban J connectivity index is 2.20. The number of aromatic nitrogens is 3. The monoisotopic (exact) mass is 496 g/mol. The summed E-state index contributed by atoms with van der Waals surface area (Å²) in [5.41, 5.74) is -4.55. The molecule has 0 bridgehead atoms. The number of sulfonamides is 1. The van der Waals surface area contributed by atoms with Gasteiger partial charge in [0, 0.05) is 16.6 Å². The summed E-state index contributed by atoms with van der Waals surface area (Å²) in [7, 11) is -4.48. The molecule has 0 fully saturated rings. The van der Waals surface area contributed by atoms with Crippen molar-refractivity contribution >= 4 is 53.2 Å². The average Bonchev–Trinajstić information content (AvgIpc) is 2.88. The third-order valence-electron chi connectivity index (χ3n) is 3.62. The van der Waals surface area contributed by atoms with E-state index < -0.39 is 21.2 Å². The fourth-order valence-electron chi connectivity index (χ4n) is 2.39. The number of methoxy groups -OCH3 is 1. The topological polar surface area (TPSA) is 94.1 Å². The molecule has 0 spiro atoms. The van der Waals surface area contributed by atoms with Gasteiger partial charge in [0.05, 0.1) is 27.5 Å². The van der Waals surface area contributed by atoms with E-state index >= 15 is 0 Å². The van der Waals surface area contributed by atoms with Gasteiger partial charge < -0.3 is 4.74 Å². The molecule has 150 valence electrons. The summed E-state index contributed by atoms with van der Waals surface area (Å²) in [5.74, 6) is 0.136. The molecule has 0 saturated heterocycles. The first-order valence-corrected chi connectivity index (χ1v) is 10.6. The fraction of sp³-hybridized carbons (Fsp3) is 0.267. The minimum atomic E-state index is -5.64. The summed E-state index contributed by atoms with van der Waals surface area (Å²) in [6.45, 7) is 3.55. The van der Waals surface area contributed by atoms with Crippen LogP contribution in [0.5, 0.6) is 5.88 Å². The van der Waals surface area contributed by atoms with Crippen LogP contribution in [0, 0.1) is 13.8 Å². The summed E-state index contributed by atoms with van der Waals surface area (Å²) in [5, 5.41) is 0. The van der Waals surface area contributed by atoms with Crippen LogP contribution >= 0.6 is 27.3 Å². The molecule has 28 heavy (non-hydrogen) atoms. The Morgan fingerprint density at radius 1 is 1.25 bits per heavy atom. The summed E-state index contributed by atoms with van der Waals surface area (Å²) >= 11 is 4.85. The van der Waals surface area contributed by atoms with E-state index in [2.05, 4.69) is 30.9 Å². The summed E-state index contributed by atoms with van der Waals surface area (Å²) in [6.07, 6.45) is 1.34. The van der Waals surface area contributed by atoms with Crippen molar-refractivity contribution < 1.29 is 26.3 Å². The molecule has 0 unspecified atom stereocenters. The van der Waals surface area contributed by atoms with Gasteiger partial charge in [0.2, 0.25) is 5.88 Å². The molecule has 3 rings (SSSR count). The number of aryl methyl sites for hydroxylation is 2. The second kappa shape index (κ2) is 7.12. The van der Waals surface area contributed by atoms with Crippen LogP contribution in [-0.2, 0) is 10.0 Å². The minimum absolute atomic E-state index is 0.304. The third-order valence-corrected chi connectivity index (χ3v) is 7.05. The van der Waals surface area contributed by atoms with Crippen molar-refractivity contribution in [2.45, 2.75) is 19.4 Å². The van der Waals surface area contributed by atoms with Gasteiger partial charge in [0.15, 0.2) is 0 Å². The first kappa shape index (κ1) is 20.7. The molecule has 0 aliphatic rings. The molecule has 0 aromatic carbocycles. The maximum Gasteiger partial charge on any atom is 0.516 e. The van der Waals surface area contributed by atoms with Crippen molar-refractivity contribution in [3.63, 3.8) is 0 Å². The molecule has 13 heteroatoms. The van der Waals surface area contributed by atoms with Crippen LogP contribution in [0.15, 0.2) is 16.7 Å². The lowest BCUT2D eigenvalue weighted by atomic mass is 10.1. The number of nitrogens with one attached hydrogen (secondary N) is 1. The quantitative estimate of drug-likeness (QED) is 0.575. The lowest BCUT2D eigenvalue weighted by Gasteiger charge is -2.14. The molecular formula is C15H12BrF3N4O3S2. The molecule has 0 aliphatic heterocycles. The number of alkyl halides is 3. The molecule has 0 atom stereocenters. The molecule has 0 radical (unpaired) electrons. The number of pyridine rings is 1. The Kier molecular flexibility index (Phi) is 5.27. The lowest BCUT2D eigenvalue weighted by Crippen LogP contribution is -2.30. The Hall–Kier alpha value is -1.99. The molecule has 0 saturated carbocycles. The molecule has 3 aromatic rings. The standard InChI is InChI=1S/C15H12BrF3N4O3S2/c1-6-10(16)12-13(27-6)11(21-7(2)22-12)8-4-9(14(26-3)20-5-8)23-28(24,25)15(17,18)19/h4-5,23H,1-3H3. The van der Waals surface area contributed by atoms with Gasteiger partial charge in [-0.3, -0.25) is 4.72 Å². The number of hydrogen-bond donors (Lipinski definition) is 1. The largest absolute Gasteiger partial charge is 0.516 e. The van der Waals surface area contributed by atoms with Gasteiger partial charge in [0.1, 0.15) is 11.5 Å². The van der Waals surface area contributed by atoms with Crippen LogP contribution in [0.3, 0.4) is 0 Å². The predicted molar refractivity (Wildman–Crippen MR) is 103 cm³/mol. The van der Waals surface area contributed by atoms with Gasteiger partial charge in [-0.05, 0) is 35.8 Å². The number of hydrogen-bond acceptors (Lipinski definition) is 7. The number of anilines is 1. The molecular weight excluding hydrogens is 485 g/mol. The first-order valence-electron chi connectivity index (χ1n) is 7.51. The molecule has 7 nitrogen and oxygen atoms in total. The van der Waals surface area contributed by atoms with Crippen LogP contribution in [0.2, 0.25) is 0 Å². The summed E-state index contributed by atoms with van der Waals surface area (Å²) in [6, 6.07) is 1.19. The molecule has 0 aliphatic carbocycles.